The number of aliphatic hydroxyl groups excluding tert-OH is 1. The second-order valence-electron chi connectivity index (χ2n) is 3.78. The zero-order chi connectivity index (χ0) is 12.8. The number of aromatic nitrogens is 1. The van der Waals surface area contributed by atoms with Crippen LogP contribution in [0.5, 0.6) is 5.88 Å². The summed E-state index contributed by atoms with van der Waals surface area (Å²) in [6.07, 6.45) is 1.60. The Kier molecular flexibility index (Phi) is 4.75. The van der Waals surface area contributed by atoms with Gasteiger partial charge in [-0.25, -0.2) is 4.98 Å². The monoisotopic (exact) mass is 266 g/mol. The summed E-state index contributed by atoms with van der Waals surface area (Å²) < 4.78 is 5.61. The number of nitrogens with zero attached hydrogens (tertiary/aromatic N) is 1. The van der Waals surface area contributed by atoms with Crippen LogP contribution in [0.4, 0.5) is 0 Å². The number of rotatable bonds is 6. The van der Waals surface area contributed by atoms with Crippen LogP contribution in [0.25, 0.3) is 10.8 Å². The van der Waals surface area contributed by atoms with Crippen molar-refractivity contribution in [2.45, 2.75) is 0 Å². The topological polar surface area (TPSA) is 54.4 Å². The van der Waals surface area contributed by atoms with Crippen LogP contribution in [0.1, 0.15) is 0 Å². The third-order valence-electron chi connectivity index (χ3n) is 2.52. The molecule has 0 fully saturated rings. The van der Waals surface area contributed by atoms with Crippen molar-refractivity contribution < 1.29 is 9.84 Å². The van der Waals surface area contributed by atoms with E-state index in [0.717, 1.165) is 10.8 Å². The Morgan fingerprint density at radius 1 is 1.22 bits per heavy atom. The molecule has 1 aromatic carbocycles. The molecular formula is C13H15ClN2O2. The van der Waals surface area contributed by atoms with Crippen LogP contribution < -0.4 is 10.1 Å². The highest BCUT2D eigenvalue weighted by atomic mass is 35.5. The Bertz CT molecular complexity index is 519. The summed E-state index contributed by atoms with van der Waals surface area (Å²) >= 11 is 6.07. The molecule has 0 bridgehead atoms. The first kappa shape index (κ1) is 13.1. The molecule has 1 aromatic heterocycles. The van der Waals surface area contributed by atoms with Crippen molar-refractivity contribution in [3.05, 3.63) is 35.5 Å². The van der Waals surface area contributed by atoms with Gasteiger partial charge in [0.1, 0.15) is 6.61 Å². The van der Waals surface area contributed by atoms with Gasteiger partial charge in [-0.1, -0.05) is 29.8 Å². The SMILES string of the molecule is OCCNCCOc1ncc(Cl)c2ccccc12. The Morgan fingerprint density at radius 2 is 2.00 bits per heavy atom. The molecule has 0 aliphatic rings. The predicted octanol–water partition coefficient (Wildman–Crippen LogP) is 1.85. The van der Waals surface area contributed by atoms with Gasteiger partial charge in [0.25, 0.3) is 0 Å². The zero-order valence-electron chi connectivity index (χ0n) is 9.90. The number of pyridine rings is 1. The van der Waals surface area contributed by atoms with Crippen molar-refractivity contribution in [2.75, 3.05) is 26.3 Å². The average molecular weight is 267 g/mol. The number of aliphatic hydroxyl groups is 1. The van der Waals surface area contributed by atoms with E-state index in [1.807, 2.05) is 24.3 Å². The van der Waals surface area contributed by atoms with E-state index >= 15 is 0 Å². The lowest BCUT2D eigenvalue weighted by Gasteiger charge is -2.09. The quantitative estimate of drug-likeness (QED) is 0.784. The van der Waals surface area contributed by atoms with Crippen molar-refractivity contribution in [3.63, 3.8) is 0 Å². The van der Waals surface area contributed by atoms with E-state index in [4.69, 9.17) is 21.4 Å². The van der Waals surface area contributed by atoms with Crippen LogP contribution in [0.15, 0.2) is 30.5 Å². The highest BCUT2D eigenvalue weighted by molar-refractivity contribution is 6.35. The molecule has 0 saturated carbocycles. The minimum absolute atomic E-state index is 0.127. The Morgan fingerprint density at radius 3 is 2.78 bits per heavy atom. The van der Waals surface area contributed by atoms with Gasteiger partial charge in [0.05, 0.1) is 17.8 Å². The summed E-state index contributed by atoms with van der Waals surface area (Å²) in [7, 11) is 0. The molecule has 0 unspecified atom stereocenters. The molecule has 2 N–H and O–H groups in total. The molecular weight excluding hydrogens is 252 g/mol. The first-order valence-electron chi connectivity index (χ1n) is 5.80. The number of ether oxygens (including phenoxy) is 1. The third-order valence-corrected chi connectivity index (χ3v) is 2.82. The molecule has 1 heterocycles. The van der Waals surface area contributed by atoms with Crippen LogP contribution in [-0.4, -0.2) is 36.4 Å². The van der Waals surface area contributed by atoms with Crippen LogP contribution in [0.3, 0.4) is 0 Å². The number of halogens is 1. The van der Waals surface area contributed by atoms with Crippen LogP contribution >= 0.6 is 11.6 Å². The summed E-state index contributed by atoms with van der Waals surface area (Å²) in [5.41, 5.74) is 0. The second kappa shape index (κ2) is 6.54. The lowest BCUT2D eigenvalue weighted by atomic mass is 10.2. The zero-order valence-corrected chi connectivity index (χ0v) is 10.7. The van der Waals surface area contributed by atoms with Gasteiger partial charge in [-0.05, 0) is 6.07 Å². The average Bonchev–Trinajstić information content (AvgIpc) is 2.41. The lowest BCUT2D eigenvalue weighted by Crippen LogP contribution is -2.24. The van der Waals surface area contributed by atoms with Gasteiger partial charge < -0.3 is 15.2 Å². The first-order chi connectivity index (χ1) is 8.83. The van der Waals surface area contributed by atoms with E-state index in [1.165, 1.54) is 0 Å². The molecule has 0 amide bonds. The molecule has 0 radical (unpaired) electrons. The Labute approximate surface area is 111 Å². The summed E-state index contributed by atoms with van der Waals surface area (Å²) in [4.78, 5) is 4.19. The lowest BCUT2D eigenvalue weighted by molar-refractivity contribution is 0.273. The second-order valence-corrected chi connectivity index (χ2v) is 4.19. The minimum atomic E-state index is 0.127. The van der Waals surface area contributed by atoms with E-state index < -0.39 is 0 Å². The maximum Gasteiger partial charge on any atom is 0.221 e. The fourth-order valence-electron chi connectivity index (χ4n) is 1.67. The maximum absolute atomic E-state index is 8.62. The molecule has 0 aliphatic carbocycles. The predicted molar refractivity (Wildman–Crippen MR) is 72.2 cm³/mol. The summed E-state index contributed by atoms with van der Waals surface area (Å²) in [5.74, 6) is 0.584. The van der Waals surface area contributed by atoms with Crippen molar-refractivity contribution in [2.24, 2.45) is 0 Å². The number of hydrogen-bond donors (Lipinski definition) is 2. The van der Waals surface area contributed by atoms with Gasteiger partial charge in [0.15, 0.2) is 0 Å². The van der Waals surface area contributed by atoms with E-state index in [2.05, 4.69) is 10.3 Å². The standard InChI is InChI=1S/C13H15ClN2O2/c14-12-9-16-13(18-8-6-15-5-7-17)11-4-2-1-3-10(11)12/h1-4,9,15,17H,5-8H2. The molecule has 2 rings (SSSR count). The summed E-state index contributed by atoms with van der Waals surface area (Å²) in [5, 5.41) is 14.1. The van der Waals surface area contributed by atoms with Gasteiger partial charge in [0, 0.05) is 23.9 Å². The van der Waals surface area contributed by atoms with Gasteiger partial charge in [-0.2, -0.15) is 0 Å². The Hall–Kier alpha value is -1.36. The van der Waals surface area contributed by atoms with Gasteiger partial charge in [-0.15, -0.1) is 0 Å². The smallest absolute Gasteiger partial charge is 0.221 e. The number of benzene rings is 1. The van der Waals surface area contributed by atoms with Crippen LogP contribution in [0.2, 0.25) is 5.02 Å². The number of fused-ring (bicyclic) bond motifs is 1. The van der Waals surface area contributed by atoms with Gasteiger partial charge in [-0.3, -0.25) is 0 Å². The highest BCUT2D eigenvalue weighted by Gasteiger charge is 2.06. The molecule has 96 valence electrons. The maximum atomic E-state index is 8.62. The largest absolute Gasteiger partial charge is 0.476 e. The van der Waals surface area contributed by atoms with E-state index in [1.54, 1.807) is 6.20 Å². The van der Waals surface area contributed by atoms with E-state index in [-0.39, 0.29) is 6.61 Å². The minimum Gasteiger partial charge on any atom is -0.476 e. The highest BCUT2D eigenvalue weighted by Crippen LogP contribution is 2.28. The molecule has 0 saturated heterocycles. The third kappa shape index (κ3) is 3.10. The van der Waals surface area contributed by atoms with Crippen molar-refractivity contribution in [1.29, 1.82) is 0 Å². The Balaban J connectivity index is 2.07. The van der Waals surface area contributed by atoms with Gasteiger partial charge >= 0.3 is 0 Å². The first-order valence-corrected chi connectivity index (χ1v) is 6.18. The number of nitrogens with one attached hydrogen (secondary N) is 1. The molecule has 0 spiro atoms. The van der Waals surface area contributed by atoms with Crippen LogP contribution in [-0.2, 0) is 0 Å². The molecule has 5 heteroatoms. The molecule has 0 atom stereocenters. The van der Waals surface area contributed by atoms with E-state index in [0.29, 0.717) is 30.6 Å². The van der Waals surface area contributed by atoms with Crippen molar-refractivity contribution in [1.82, 2.24) is 10.3 Å². The molecule has 0 aliphatic heterocycles. The summed E-state index contributed by atoms with van der Waals surface area (Å²) in [6.45, 7) is 1.86. The van der Waals surface area contributed by atoms with Crippen molar-refractivity contribution in [3.8, 4) is 5.88 Å². The van der Waals surface area contributed by atoms with E-state index in [9.17, 15) is 0 Å². The number of hydrogen-bond acceptors (Lipinski definition) is 4. The van der Waals surface area contributed by atoms with Gasteiger partial charge in [0.2, 0.25) is 5.88 Å². The fourth-order valence-corrected chi connectivity index (χ4v) is 1.88. The fraction of sp³-hybridized carbons (Fsp3) is 0.308. The van der Waals surface area contributed by atoms with Crippen molar-refractivity contribution >= 4 is 22.4 Å². The molecule has 4 nitrogen and oxygen atoms in total. The molecule has 2 aromatic rings. The normalized spacial score (nSPS) is 10.8. The summed E-state index contributed by atoms with van der Waals surface area (Å²) in [6, 6.07) is 7.74. The molecule has 18 heavy (non-hydrogen) atoms. The van der Waals surface area contributed by atoms with Crippen LogP contribution in [0, 0.1) is 0 Å².